The van der Waals surface area contributed by atoms with Gasteiger partial charge in [0.1, 0.15) is 18.2 Å². The van der Waals surface area contributed by atoms with Crippen molar-refractivity contribution in [2.24, 2.45) is 0 Å². The third-order valence-corrected chi connectivity index (χ3v) is 3.37. The molecule has 2 rings (SSSR count). The number of nitrogens with zero attached hydrogens (tertiary/aromatic N) is 1. The van der Waals surface area contributed by atoms with Crippen molar-refractivity contribution in [3.05, 3.63) is 58.9 Å². The summed E-state index contributed by atoms with van der Waals surface area (Å²) in [6, 6.07) is 10.5. The van der Waals surface area contributed by atoms with Gasteiger partial charge < -0.3 is 15.0 Å². The Bertz CT molecular complexity index is 692. The molecule has 0 bridgehead atoms. The standard InChI is InChI=1S/C17H18ClFN2O2/c1-21(2)8-9-23-16-7-6-14(11-15(16)18)20-17(22)12-4-3-5-13(19)10-12/h3-7,10-11H,8-9H2,1-2H3,(H,20,22). The van der Waals surface area contributed by atoms with E-state index >= 15 is 0 Å². The van der Waals surface area contributed by atoms with E-state index in [-0.39, 0.29) is 5.56 Å². The van der Waals surface area contributed by atoms with Gasteiger partial charge in [0.05, 0.1) is 5.02 Å². The molecule has 0 heterocycles. The molecule has 1 N–H and O–H groups in total. The minimum absolute atomic E-state index is 0.243. The fourth-order valence-electron chi connectivity index (χ4n) is 1.87. The lowest BCUT2D eigenvalue weighted by molar-refractivity contribution is 0.102. The van der Waals surface area contributed by atoms with Crippen LogP contribution in [-0.2, 0) is 0 Å². The average molecular weight is 337 g/mol. The molecule has 0 aliphatic heterocycles. The molecule has 1 amide bonds. The Kier molecular flexibility index (Phi) is 5.96. The van der Waals surface area contributed by atoms with E-state index in [2.05, 4.69) is 5.32 Å². The van der Waals surface area contributed by atoms with E-state index in [4.69, 9.17) is 16.3 Å². The summed E-state index contributed by atoms with van der Waals surface area (Å²) in [4.78, 5) is 14.1. The number of nitrogens with one attached hydrogen (secondary N) is 1. The number of likely N-dealkylation sites (N-methyl/N-ethyl adjacent to an activating group) is 1. The fourth-order valence-corrected chi connectivity index (χ4v) is 2.10. The third kappa shape index (κ3) is 5.23. The Morgan fingerprint density at radius 1 is 1.26 bits per heavy atom. The molecule has 0 aromatic heterocycles. The highest BCUT2D eigenvalue weighted by Crippen LogP contribution is 2.28. The SMILES string of the molecule is CN(C)CCOc1ccc(NC(=O)c2cccc(F)c2)cc1Cl. The first-order chi connectivity index (χ1) is 11.0. The lowest BCUT2D eigenvalue weighted by Crippen LogP contribution is -2.19. The second kappa shape index (κ2) is 7.94. The molecule has 0 atom stereocenters. The molecule has 0 aliphatic rings. The van der Waals surface area contributed by atoms with Crippen molar-refractivity contribution in [1.29, 1.82) is 0 Å². The van der Waals surface area contributed by atoms with Crippen molar-refractivity contribution in [3.63, 3.8) is 0 Å². The van der Waals surface area contributed by atoms with E-state index in [9.17, 15) is 9.18 Å². The van der Waals surface area contributed by atoms with E-state index in [1.807, 2.05) is 19.0 Å². The van der Waals surface area contributed by atoms with Gasteiger partial charge in [-0.3, -0.25) is 4.79 Å². The minimum Gasteiger partial charge on any atom is -0.491 e. The summed E-state index contributed by atoms with van der Waals surface area (Å²) in [5, 5.41) is 3.08. The van der Waals surface area contributed by atoms with Crippen molar-refractivity contribution >= 4 is 23.2 Å². The number of rotatable bonds is 6. The van der Waals surface area contributed by atoms with E-state index in [0.29, 0.717) is 23.1 Å². The van der Waals surface area contributed by atoms with Crippen molar-refractivity contribution in [3.8, 4) is 5.75 Å². The van der Waals surface area contributed by atoms with Crippen LogP contribution < -0.4 is 10.1 Å². The fraction of sp³-hybridized carbons (Fsp3) is 0.235. The second-order valence-electron chi connectivity index (χ2n) is 5.26. The van der Waals surface area contributed by atoms with Gasteiger partial charge in [0, 0.05) is 17.8 Å². The number of carbonyl (C=O) groups excluding carboxylic acids is 1. The first kappa shape index (κ1) is 17.2. The van der Waals surface area contributed by atoms with Gasteiger partial charge in [-0.1, -0.05) is 17.7 Å². The molecule has 6 heteroatoms. The molecule has 0 saturated heterocycles. The number of carbonyl (C=O) groups is 1. The number of benzene rings is 2. The maximum absolute atomic E-state index is 13.1. The molecule has 23 heavy (non-hydrogen) atoms. The van der Waals surface area contributed by atoms with Crippen molar-refractivity contribution in [2.45, 2.75) is 0 Å². The summed E-state index contributed by atoms with van der Waals surface area (Å²) >= 11 is 6.15. The van der Waals surface area contributed by atoms with E-state index < -0.39 is 11.7 Å². The number of halogens is 2. The third-order valence-electron chi connectivity index (χ3n) is 3.07. The van der Waals surface area contributed by atoms with Crippen LogP contribution in [0.4, 0.5) is 10.1 Å². The highest BCUT2D eigenvalue weighted by molar-refractivity contribution is 6.32. The van der Waals surface area contributed by atoms with Crippen LogP contribution in [0.3, 0.4) is 0 Å². The van der Waals surface area contributed by atoms with Crippen LogP contribution in [-0.4, -0.2) is 38.1 Å². The highest BCUT2D eigenvalue weighted by atomic mass is 35.5. The summed E-state index contributed by atoms with van der Waals surface area (Å²) in [5.41, 5.74) is 0.761. The molecule has 2 aromatic rings. The maximum Gasteiger partial charge on any atom is 0.255 e. The average Bonchev–Trinajstić information content (AvgIpc) is 2.49. The van der Waals surface area contributed by atoms with Crippen LogP contribution in [0.25, 0.3) is 0 Å². The first-order valence-corrected chi connectivity index (χ1v) is 7.47. The largest absolute Gasteiger partial charge is 0.491 e. The van der Waals surface area contributed by atoms with E-state index in [0.717, 1.165) is 6.54 Å². The molecule has 0 saturated carbocycles. The summed E-state index contributed by atoms with van der Waals surface area (Å²) in [7, 11) is 3.91. The highest BCUT2D eigenvalue weighted by Gasteiger charge is 2.09. The van der Waals surface area contributed by atoms with E-state index in [1.54, 1.807) is 24.3 Å². The molecule has 122 valence electrons. The predicted octanol–water partition coefficient (Wildman–Crippen LogP) is 3.67. The Labute approximate surface area is 139 Å². The Hall–Kier alpha value is -2.11. The van der Waals surface area contributed by atoms with Gasteiger partial charge in [0.15, 0.2) is 0 Å². The number of amides is 1. The summed E-state index contributed by atoms with van der Waals surface area (Å²) in [6.07, 6.45) is 0. The van der Waals surface area contributed by atoms with Gasteiger partial charge in [0.2, 0.25) is 0 Å². The van der Waals surface area contributed by atoms with E-state index in [1.165, 1.54) is 18.2 Å². The molecule has 0 radical (unpaired) electrons. The maximum atomic E-state index is 13.1. The molecular formula is C17H18ClFN2O2. The monoisotopic (exact) mass is 336 g/mol. The Morgan fingerprint density at radius 2 is 2.04 bits per heavy atom. The van der Waals surface area contributed by atoms with Crippen molar-refractivity contribution < 1.29 is 13.9 Å². The topological polar surface area (TPSA) is 41.6 Å². The second-order valence-corrected chi connectivity index (χ2v) is 5.67. The predicted molar refractivity (Wildman–Crippen MR) is 89.9 cm³/mol. The van der Waals surface area contributed by atoms with Crippen LogP contribution in [0.5, 0.6) is 5.75 Å². The smallest absolute Gasteiger partial charge is 0.255 e. The zero-order valence-corrected chi connectivity index (χ0v) is 13.7. The molecule has 0 fully saturated rings. The van der Waals surface area contributed by atoms with Crippen molar-refractivity contribution in [1.82, 2.24) is 4.90 Å². The number of anilines is 1. The first-order valence-electron chi connectivity index (χ1n) is 7.09. The van der Waals surface area contributed by atoms with Gasteiger partial charge >= 0.3 is 0 Å². The van der Waals surface area contributed by atoms with Gasteiger partial charge in [0.25, 0.3) is 5.91 Å². The molecule has 0 unspecified atom stereocenters. The van der Waals surface area contributed by atoms with Gasteiger partial charge in [-0.2, -0.15) is 0 Å². The molecule has 0 aliphatic carbocycles. The van der Waals surface area contributed by atoms with Crippen LogP contribution >= 0.6 is 11.6 Å². The van der Waals surface area contributed by atoms with Gasteiger partial charge in [-0.15, -0.1) is 0 Å². The zero-order chi connectivity index (χ0) is 16.8. The number of ether oxygens (including phenoxy) is 1. The molecule has 0 spiro atoms. The number of hydrogen-bond acceptors (Lipinski definition) is 3. The number of hydrogen-bond donors (Lipinski definition) is 1. The molecule has 4 nitrogen and oxygen atoms in total. The summed E-state index contributed by atoms with van der Waals surface area (Å²) in [6.45, 7) is 1.29. The summed E-state index contributed by atoms with van der Waals surface area (Å²) < 4.78 is 18.7. The Morgan fingerprint density at radius 3 is 2.70 bits per heavy atom. The van der Waals surface area contributed by atoms with Crippen LogP contribution in [0.15, 0.2) is 42.5 Å². The molecule has 2 aromatic carbocycles. The normalized spacial score (nSPS) is 10.7. The van der Waals surface area contributed by atoms with Crippen molar-refractivity contribution in [2.75, 3.05) is 32.6 Å². The van der Waals surface area contributed by atoms with Gasteiger partial charge in [-0.05, 0) is 50.5 Å². The lowest BCUT2D eigenvalue weighted by Gasteiger charge is -2.13. The summed E-state index contributed by atoms with van der Waals surface area (Å²) in [5.74, 6) is -0.306. The quantitative estimate of drug-likeness (QED) is 0.875. The minimum atomic E-state index is -0.458. The van der Waals surface area contributed by atoms with Gasteiger partial charge in [-0.25, -0.2) is 4.39 Å². The Balaban J connectivity index is 2.01. The molecular weight excluding hydrogens is 319 g/mol. The van der Waals surface area contributed by atoms with Crippen LogP contribution in [0.2, 0.25) is 5.02 Å². The lowest BCUT2D eigenvalue weighted by atomic mass is 10.2. The zero-order valence-electron chi connectivity index (χ0n) is 13.0. The van der Waals surface area contributed by atoms with Crippen LogP contribution in [0, 0.1) is 5.82 Å². The van der Waals surface area contributed by atoms with Crippen LogP contribution in [0.1, 0.15) is 10.4 Å².